The summed E-state index contributed by atoms with van der Waals surface area (Å²) in [6.45, 7) is -1.68. The van der Waals surface area contributed by atoms with Crippen LogP contribution in [0.1, 0.15) is 17.9 Å². The van der Waals surface area contributed by atoms with Crippen LogP contribution >= 0.6 is 12.4 Å². The lowest BCUT2D eigenvalue weighted by molar-refractivity contribution is 0.0531. The molecule has 2 rings (SSSR count). The Labute approximate surface area is 109 Å². The van der Waals surface area contributed by atoms with Gasteiger partial charge in [-0.2, -0.15) is 19.0 Å². The van der Waals surface area contributed by atoms with Crippen molar-refractivity contribution in [2.45, 2.75) is 19.6 Å². The van der Waals surface area contributed by atoms with Crippen molar-refractivity contribution in [2.24, 2.45) is 7.05 Å². The van der Waals surface area contributed by atoms with E-state index in [1.54, 1.807) is 16.9 Å². The monoisotopic (exact) mass is 277 g/mol. The van der Waals surface area contributed by atoms with Crippen molar-refractivity contribution in [2.75, 3.05) is 0 Å². The van der Waals surface area contributed by atoms with Gasteiger partial charge in [0.05, 0.1) is 11.4 Å². The fourth-order valence-electron chi connectivity index (χ4n) is 1.55. The predicted octanol–water partition coefficient (Wildman–Crippen LogP) is 1.72. The molecular weight excluding hydrogens is 264 g/mol. The van der Waals surface area contributed by atoms with Crippen LogP contribution in [0.4, 0.5) is 8.78 Å². The lowest BCUT2D eigenvalue weighted by atomic mass is 10.4. The van der Waals surface area contributed by atoms with E-state index in [2.05, 4.69) is 15.5 Å². The highest BCUT2D eigenvalue weighted by Gasteiger charge is 2.10. The zero-order valence-electron chi connectivity index (χ0n) is 9.75. The number of aryl methyl sites for hydroxylation is 1. The van der Waals surface area contributed by atoms with Gasteiger partial charge in [-0.1, -0.05) is 0 Å². The van der Waals surface area contributed by atoms with Crippen LogP contribution in [0.15, 0.2) is 24.5 Å². The van der Waals surface area contributed by atoms with Crippen molar-refractivity contribution in [3.8, 4) is 0 Å². The number of rotatable bonds is 5. The molecule has 0 saturated heterocycles. The van der Waals surface area contributed by atoms with Crippen molar-refractivity contribution >= 4 is 12.4 Å². The molecule has 0 aromatic carbocycles. The molecule has 2 aromatic rings. The lowest BCUT2D eigenvalue weighted by Gasteiger charge is -2.07. The van der Waals surface area contributed by atoms with Gasteiger partial charge < -0.3 is 5.32 Å². The summed E-state index contributed by atoms with van der Waals surface area (Å²) in [5.74, 6) is 0. The highest BCUT2D eigenvalue weighted by Crippen LogP contribution is 2.11. The van der Waals surface area contributed by atoms with Crippen LogP contribution in [-0.2, 0) is 20.1 Å². The molecule has 0 aliphatic carbocycles. The molecule has 2 aromatic heterocycles. The van der Waals surface area contributed by atoms with Crippen LogP contribution in [0.3, 0.4) is 0 Å². The maximum Gasteiger partial charge on any atom is 0.333 e. The summed E-state index contributed by atoms with van der Waals surface area (Å²) in [6, 6.07) is 3.44. The van der Waals surface area contributed by atoms with Crippen LogP contribution in [0.5, 0.6) is 0 Å². The van der Waals surface area contributed by atoms with Crippen LogP contribution in [0, 0.1) is 0 Å². The molecule has 8 heteroatoms. The fourth-order valence-corrected chi connectivity index (χ4v) is 1.55. The van der Waals surface area contributed by atoms with Crippen molar-refractivity contribution in [1.29, 1.82) is 0 Å². The van der Waals surface area contributed by atoms with E-state index in [4.69, 9.17) is 0 Å². The third-order valence-electron chi connectivity index (χ3n) is 2.47. The van der Waals surface area contributed by atoms with Crippen molar-refractivity contribution in [3.05, 3.63) is 35.9 Å². The van der Waals surface area contributed by atoms with E-state index in [9.17, 15) is 8.78 Å². The number of aromatic nitrogens is 4. The largest absolute Gasteiger partial charge is 0.333 e. The number of hydrogen-bond donors (Lipinski definition) is 1. The molecule has 0 saturated carbocycles. The highest BCUT2D eigenvalue weighted by molar-refractivity contribution is 5.85. The van der Waals surface area contributed by atoms with E-state index in [0.29, 0.717) is 23.5 Å². The predicted molar refractivity (Wildman–Crippen MR) is 64.5 cm³/mol. The summed E-state index contributed by atoms with van der Waals surface area (Å²) in [5.41, 5.74) is 1.45. The quantitative estimate of drug-likeness (QED) is 0.905. The Morgan fingerprint density at radius 1 is 1.17 bits per heavy atom. The molecule has 0 aliphatic rings. The van der Waals surface area contributed by atoms with E-state index >= 15 is 0 Å². The average molecular weight is 278 g/mol. The molecule has 0 fully saturated rings. The van der Waals surface area contributed by atoms with Gasteiger partial charge in [0.25, 0.3) is 0 Å². The zero-order valence-corrected chi connectivity index (χ0v) is 10.6. The second kappa shape index (κ2) is 6.46. The van der Waals surface area contributed by atoms with Crippen LogP contribution in [0.2, 0.25) is 0 Å². The number of alkyl halides is 2. The number of halogens is 3. The summed E-state index contributed by atoms with van der Waals surface area (Å²) in [7, 11) is 1.83. The van der Waals surface area contributed by atoms with Crippen LogP contribution < -0.4 is 5.32 Å². The number of nitrogens with one attached hydrogen (secondary N) is 1. The molecule has 0 radical (unpaired) electrons. The van der Waals surface area contributed by atoms with E-state index < -0.39 is 6.55 Å². The summed E-state index contributed by atoms with van der Waals surface area (Å²) < 4.78 is 27.4. The maximum absolute atomic E-state index is 12.5. The zero-order chi connectivity index (χ0) is 12.3. The Hall–Kier alpha value is -1.47. The Kier molecular flexibility index (Phi) is 5.24. The number of hydrogen-bond acceptors (Lipinski definition) is 3. The standard InChI is InChI=1S/C10H13F2N5.ClH/c1-16-8(2-4-14-16)6-13-7-9-3-5-15-17(9)10(11)12;/h2-5,10,13H,6-7H2,1H3;1H. The molecule has 5 nitrogen and oxygen atoms in total. The van der Waals surface area contributed by atoms with Crippen molar-refractivity contribution in [3.63, 3.8) is 0 Å². The summed E-state index contributed by atoms with van der Waals surface area (Å²) in [4.78, 5) is 0. The molecule has 18 heavy (non-hydrogen) atoms. The van der Waals surface area contributed by atoms with Gasteiger partial charge in [-0.25, -0.2) is 4.68 Å². The van der Waals surface area contributed by atoms with Gasteiger partial charge in [-0.15, -0.1) is 12.4 Å². The maximum atomic E-state index is 12.5. The Bertz CT molecular complexity index is 482. The molecule has 0 bridgehead atoms. The number of nitrogens with zero attached hydrogens (tertiary/aromatic N) is 4. The Morgan fingerprint density at radius 2 is 1.78 bits per heavy atom. The first-order valence-electron chi connectivity index (χ1n) is 5.16. The summed E-state index contributed by atoms with van der Waals surface area (Å²) in [5, 5.41) is 10.6. The molecule has 0 aliphatic heterocycles. The molecule has 0 atom stereocenters. The van der Waals surface area contributed by atoms with E-state index in [1.807, 2.05) is 13.1 Å². The fraction of sp³-hybridized carbons (Fsp3) is 0.400. The van der Waals surface area contributed by atoms with Gasteiger partial charge >= 0.3 is 6.55 Å². The molecule has 0 unspecified atom stereocenters. The smallest absolute Gasteiger partial charge is 0.306 e. The molecule has 0 amide bonds. The normalized spacial score (nSPS) is 10.7. The highest BCUT2D eigenvalue weighted by atomic mass is 35.5. The van der Waals surface area contributed by atoms with Gasteiger partial charge in [-0.3, -0.25) is 4.68 Å². The van der Waals surface area contributed by atoms with E-state index in [0.717, 1.165) is 5.69 Å². The minimum atomic E-state index is -2.60. The van der Waals surface area contributed by atoms with E-state index in [-0.39, 0.29) is 12.4 Å². The van der Waals surface area contributed by atoms with Gasteiger partial charge in [-0.05, 0) is 12.1 Å². The molecule has 100 valence electrons. The van der Waals surface area contributed by atoms with Gasteiger partial charge in [0.1, 0.15) is 0 Å². The first-order valence-corrected chi connectivity index (χ1v) is 5.16. The molecule has 0 spiro atoms. The Balaban J connectivity index is 0.00000162. The van der Waals surface area contributed by atoms with Crippen molar-refractivity contribution in [1.82, 2.24) is 24.9 Å². The average Bonchev–Trinajstić information content (AvgIpc) is 2.88. The first-order chi connectivity index (χ1) is 8.18. The topological polar surface area (TPSA) is 47.7 Å². The van der Waals surface area contributed by atoms with Gasteiger partial charge in [0.2, 0.25) is 0 Å². The minimum absolute atomic E-state index is 0. The van der Waals surface area contributed by atoms with Crippen LogP contribution in [-0.4, -0.2) is 19.6 Å². The van der Waals surface area contributed by atoms with Crippen molar-refractivity contribution < 1.29 is 8.78 Å². The Morgan fingerprint density at radius 3 is 2.39 bits per heavy atom. The molecule has 2 heterocycles. The summed E-state index contributed by atoms with van der Waals surface area (Å²) >= 11 is 0. The lowest BCUT2D eigenvalue weighted by Crippen LogP contribution is -2.18. The van der Waals surface area contributed by atoms with E-state index in [1.165, 1.54) is 6.20 Å². The second-order valence-corrected chi connectivity index (χ2v) is 3.59. The third kappa shape index (κ3) is 3.27. The minimum Gasteiger partial charge on any atom is -0.306 e. The second-order valence-electron chi connectivity index (χ2n) is 3.59. The third-order valence-corrected chi connectivity index (χ3v) is 2.47. The molecule has 1 N–H and O–H groups in total. The van der Waals surface area contributed by atoms with Gasteiger partial charge in [0, 0.05) is 32.5 Å². The SMILES string of the molecule is Cl.Cn1nccc1CNCc1ccnn1C(F)F. The summed E-state index contributed by atoms with van der Waals surface area (Å²) in [6.07, 6.45) is 3.06. The van der Waals surface area contributed by atoms with Gasteiger partial charge in [0.15, 0.2) is 0 Å². The molecular formula is C10H14ClF2N5. The van der Waals surface area contributed by atoms with Crippen LogP contribution in [0.25, 0.3) is 0 Å². The first kappa shape index (κ1) is 14.6.